The van der Waals surface area contributed by atoms with Crippen LogP contribution in [-0.2, 0) is 9.59 Å². The molecule has 0 unspecified atom stereocenters. The second-order valence-electron chi connectivity index (χ2n) is 7.26. The highest BCUT2D eigenvalue weighted by molar-refractivity contribution is 5.92. The number of amides is 2. The fraction of sp³-hybridized carbons (Fsp3) is 0.364. The van der Waals surface area contributed by atoms with E-state index in [1.54, 1.807) is 36.1 Å². The van der Waals surface area contributed by atoms with Crippen molar-refractivity contribution in [2.45, 2.75) is 32.2 Å². The molecule has 1 aliphatic carbocycles. The van der Waals surface area contributed by atoms with Crippen LogP contribution in [0.3, 0.4) is 0 Å². The molecule has 0 aliphatic heterocycles. The van der Waals surface area contributed by atoms with Gasteiger partial charge >= 0.3 is 0 Å². The Hall–Kier alpha value is -3.62. The van der Waals surface area contributed by atoms with E-state index in [2.05, 4.69) is 5.32 Å². The molecule has 1 N–H and O–H groups in total. The lowest BCUT2D eigenvalue weighted by Gasteiger charge is -2.22. The molecular weight excluding hydrogens is 402 g/mol. The van der Waals surface area contributed by atoms with E-state index in [0.717, 1.165) is 12.8 Å². The van der Waals surface area contributed by atoms with E-state index >= 15 is 0 Å². The van der Waals surface area contributed by atoms with Gasteiger partial charge in [-0.3, -0.25) is 19.7 Å². The Balaban J connectivity index is 1.56. The summed E-state index contributed by atoms with van der Waals surface area (Å²) in [5, 5.41) is 13.8. The Bertz CT molecular complexity index is 973. The molecule has 1 fully saturated rings. The average Bonchev–Trinajstić information content (AvgIpc) is 3.59. The van der Waals surface area contributed by atoms with Crippen LogP contribution in [0.5, 0.6) is 11.5 Å². The minimum absolute atomic E-state index is 0.0546. The monoisotopic (exact) mass is 427 g/mol. The number of nitrogens with one attached hydrogen (secondary N) is 1. The van der Waals surface area contributed by atoms with Gasteiger partial charge in [0.15, 0.2) is 18.1 Å². The highest BCUT2D eigenvalue weighted by Crippen LogP contribution is 2.29. The number of hydrogen-bond acceptors (Lipinski definition) is 6. The Morgan fingerprint density at radius 2 is 1.87 bits per heavy atom. The van der Waals surface area contributed by atoms with E-state index in [1.807, 2.05) is 6.07 Å². The van der Waals surface area contributed by atoms with Gasteiger partial charge in [0.2, 0.25) is 5.91 Å². The zero-order chi connectivity index (χ0) is 22.4. The summed E-state index contributed by atoms with van der Waals surface area (Å²) < 4.78 is 10.8. The van der Waals surface area contributed by atoms with Gasteiger partial charge in [-0.2, -0.15) is 0 Å². The van der Waals surface area contributed by atoms with Crippen LogP contribution in [-0.4, -0.2) is 47.9 Å². The lowest BCUT2D eigenvalue weighted by molar-refractivity contribution is -0.385. The third-order valence-electron chi connectivity index (χ3n) is 5.08. The largest absolute Gasteiger partial charge is 0.493 e. The molecule has 0 aromatic heterocycles. The zero-order valence-electron chi connectivity index (χ0n) is 17.5. The lowest BCUT2D eigenvalue weighted by Crippen LogP contribution is -2.38. The van der Waals surface area contributed by atoms with Gasteiger partial charge in [-0.05, 0) is 38.0 Å². The highest BCUT2D eigenvalue weighted by atomic mass is 16.6. The van der Waals surface area contributed by atoms with Gasteiger partial charge < -0.3 is 19.7 Å². The molecule has 31 heavy (non-hydrogen) atoms. The molecule has 2 aromatic carbocycles. The van der Waals surface area contributed by atoms with Crippen molar-refractivity contribution in [3.05, 3.63) is 58.1 Å². The summed E-state index contributed by atoms with van der Waals surface area (Å²) in [6.07, 6.45) is 1.87. The first-order valence-corrected chi connectivity index (χ1v) is 10.00. The van der Waals surface area contributed by atoms with Gasteiger partial charge in [0, 0.05) is 25.1 Å². The lowest BCUT2D eigenvalue weighted by atomic mass is 10.1. The van der Waals surface area contributed by atoms with Crippen LogP contribution in [0.2, 0.25) is 0 Å². The normalized spacial score (nSPS) is 12.7. The van der Waals surface area contributed by atoms with Crippen molar-refractivity contribution in [1.82, 2.24) is 4.90 Å². The molecule has 2 aromatic rings. The average molecular weight is 427 g/mol. The number of methoxy groups -OCH3 is 1. The summed E-state index contributed by atoms with van der Waals surface area (Å²) in [6, 6.07) is 11.7. The van der Waals surface area contributed by atoms with Gasteiger partial charge in [-0.1, -0.05) is 18.2 Å². The van der Waals surface area contributed by atoms with E-state index < -0.39 is 4.92 Å². The summed E-state index contributed by atoms with van der Waals surface area (Å²) in [6.45, 7) is 1.68. The molecule has 0 saturated heterocycles. The standard InChI is InChI=1S/C22H25N3O6/c1-15-17(6-5-7-18(15)25(28)29)23-21(26)12-13-24(16-10-11-16)22(27)14-31-20-9-4-3-8-19(20)30-2/h3-9,16H,10-14H2,1-2H3,(H,23,26). The Morgan fingerprint density at radius 3 is 2.52 bits per heavy atom. The summed E-state index contributed by atoms with van der Waals surface area (Å²) in [4.78, 5) is 37.3. The fourth-order valence-electron chi connectivity index (χ4n) is 3.25. The Morgan fingerprint density at radius 1 is 1.16 bits per heavy atom. The second-order valence-corrected chi connectivity index (χ2v) is 7.26. The molecule has 9 heteroatoms. The van der Waals surface area contributed by atoms with Crippen molar-refractivity contribution in [2.75, 3.05) is 25.6 Å². The third-order valence-corrected chi connectivity index (χ3v) is 5.08. The van der Waals surface area contributed by atoms with Crippen molar-refractivity contribution in [3.8, 4) is 11.5 Å². The maximum absolute atomic E-state index is 12.7. The number of anilines is 1. The number of carbonyl (C=O) groups excluding carboxylic acids is 2. The van der Waals surface area contributed by atoms with Gasteiger partial charge in [0.1, 0.15) is 0 Å². The van der Waals surface area contributed by atoms with Crippen molar-refractivity contribution >= 4 is 23.2 Å². The van der Waals surface area contributed by atoms with Crippen molar-refractivity contribution in [3.63, 3.8) is 0 Å². The van der Waals surface area contributed by atoms with Crippen LogP contribution >= 0.6 is 0 Å². The van der Waals surface area contributed by atoms with E-state index in [-0.39, 0.29) is 43.1 Å². The van der Waals surface area contributed by atoms with Gasteiger partial charge in [-0.15, -0.1) is 0 Å². The van der Waals surface area contributed by atoms with Gasteiger partial charge in [0.25, 0.3) is 11.6 Å². The van der Waals surface area contributed by atoms with Crippen LogP contribution in [0.25, 0.3) is 0 Å². The fourth-order valence-corrected chi connectivity index (χ4v) is 3.25. The number of benzene rings is 2. The molecule has 0 radical (unpaired) electrons. The van der Waals surface area contributed by atoms with E-state index in [9.17, 15) is 19.7 Å². The summed E-state index contributed by atoms with van der Waals surface area (Å²) in [7, 11) is 1.53. The molecular formula is C22H25N3O6. The molecule has 1 saturated carbocycles. The number of nitrogens with zero attached hydrogens (tertiary/aromatic N) is 2. The number of para-hydroxylation sites is 2. The van der Waals surface area contributed by atoms with Gasteiger partial charge in [0.05, 0.1) is 23.3 Å². The van der Waals surface area contributed by atoms with Crippen molar-refractivity contribution < 1.29 is 24.0 Å². The van der Waals surface area contributed by atoms with Crippen LogP contribution < -0.4 is 14.8 Å². The summed E-state index contributed by atoms with van der Waals surface area (Å²) >= 11 is 0. The zero-order valence-corrected chi connectivity index (χ0v) is 17.5. The topological polar surface area (TPSA) is 111 Å². The number of nitro benzene ring substituents is 1. The number of ether oxygens (including phenoxy) is 2. The molecule has 3 rings (SSSR count). The number of nitro groups is 1. The molecule has 2 amide bonds. The quantitative estimate of drug-likeness (QED) is 0.460. The molecule has 164 valence electrons. The Kier molecular flexibility index (Phi) is 7.07. The predicted octanol–water partition coefficient (Wildman–Crippen LogP) is 3.31. The van der Waals surface area contributed by atoms with Gasteiger partial charge in [-0.25, -0.2) is 0 Å². The van der Waals surface area contributed by atoms with Crippen molar-refractivity contribution in [1.29, 1.82) is 0 Å². The predicted molar refractivity (Wildman–Crippen MR) is 114 cm³/mol. The number of rotatable bonds is 10. The second kappa shape index (κ2) is 9.92. The smallest absolute Gasteiger partial charge is 0.274 e. The molecule has 0 atom stereocenters. The van der Waals surface area contributed by atoms with Crippen LogP contribution in [0.1, 0.15) is 24.8 Å². The van der Waals surface area contributed by atoms with Crippen LogP contribution in [0.15, 0.2) is 42.5 Å². The first-order valence-electron chi connectivity index (χ1n) is 10.00. The Labute approximate surface area is 180 Å². The minimum atomic E-state index is -0.486. The third kappa shape index (κ3) is 5.71. The molecule has 0 spiro atoms. The number of hydrogen-bond donors (Lipinski definition) is 1. The maximum Gasteiger partial charge on any atom is 0.274 e. The molecule has 0 heterocycles. The minimum Gasteiger partial charge on any atom is -0.493 e. The first-order chi connectivity index (χ1) is 14.9. The molecule has 0 bridgehead atoms. The molecule has 9 nitrogen and oxygen atoms in total. The van der Waals surface area contributed by atoms with E-state index in [0.29, 0.717) is 22.7 Å². The maximum atomic E-state index is 12.7. The van der Waals surface area contributed by atoms with Crippen molar-refractivity contribution in [2.24, 2.45) is 0 Å². The first kappa shape index (κ1) is 22.1. The van der Waals surface area contributed by atoms with E-state index in [1.165, 1.54) is 19.2 Å². The van der Waals surface area contributed by atoms with E-state index in [4.69, 9.17) is 9.47 Å². The SMILES string of the molecule is COc1ccccc1OCC(=O)N(CCC(=O)Nc1cccc([N+](=O)[O-])c1C)C1CC1. The van der Waals surface area contributed by atoms with Crippen LogP contribution in [0, 0.1) is 17.0 Å². The summed E-state index contributed by atoms with van der Waals surface area (Å²) in [5.41, 5.74) is 0.727. The summed E-state index contributed by atoms with van der Waals surface area (Å²) in [5.74, 6) is 0.508. The van der Waals surface area contributed by atoms with Crippen LogP contribution in [0.4, 0.5) is 11.4 Å². The highest BCUT2D eigenvalue weighted by Gasteiger charge is 2.33. The molecule has 1 aliphatic rings. The number of carbonyl (C=O) groups is 2.